The minimum absolute atomic E-state index is 0.000691. The first-order valence-electron chi connectivity index (χ1n) is 13.2. The van der Waals surface area contributed by atoms with Crippen molar-refractivity contribution < 1.29 is 26.0 Å². The van der Waals surface area contributed by atoms with Gasteiger partial charge < -0.3 is 5.32 Å². The van der Waals surface area contributed by atoms with Crippen molar-refractivity contribution >= 4 is 43.4 Å². The molecule has 3 aromatic rings. The Balaban J connectivity index is 1.17. The number of sulfonamides is 2. The molecule has 1 atom stereocenters. The molecule has 222 valence electrons. The molecule has 0 saturated carbocycles. The van der Waals surface area contributed by atoms with Gasteiger partial charge in [-0.05, 0) is 47.5 Å². The Morgan fingerprint density at radius 1 is 0.881 bits per heavy atom. The molecule has 0 spiro atoms. The number of carbonyl (C=O) groups is 1. The second-order valence-electron chi connectivity index (χ2n) is 9.84. The van der Waals surface area contributed by atoms with Crippen molar-refractivity contribution in [3.63, 3.8) is 0 Å². The number of piperazine rings is 1. The van der Waals surface area contributed by atoms with Gasteiger partial charge in [0, 0.05) is 43.7 Å². The van der Waals surface area contributed by atoms with Gasteiger partial charge in [-0.25, -0.2) is 31.0 Å². The van der Waals surface area contributed by atoms with Gasteiger partial charge in [-0.15, -0.1) is 0 Å². The Morgan fingerprint density at radius 3 is 2.14 bits per heavy atom. The lowest BCUT2D eigenvalue weighted by Gasteiger charge is -2.33. The molecule has 2 heterocycles. The zero-order chi connectivity index (χ0) is 29.9. The van der Waals surface area contributed by atoms with Crippen LogP contribution in [0.4, 0.5) is 9.18 Å². The number of urea groups is 1. The van der Waals surface area contributed by atoms with E-state index in [0.717, 1.165) is 5.56 Å². The number of nitrogens with one attached hydrogen (secondary N) is 1. The zero-order valence-corrected chi connectivity index (χ0v) is 24.8. The van der Waals surface area contributed by atoms with E-state index in [1.165, 1.54) is 50.0 Å². The Morgan fingerprint density at radius 2 is 1.50 bits per heavy atom. The zero-order valence-electron chi connectivity index (χ0n) is 22.4. The van der Waals surface area contributed by atoms with Crippen LogP contribution in [0, 0.1) is 5.82 Å². The molecule has 42 heavy (non-hydrogen) atoms. The maximum atomic E-state index is 13.5. The van der Waals surface area contributed by atoms with Gasteiger partial charge in [-0.3, -0.25) is 0 Å². The lowest BCUT2D eigenvalue weighted by Crippen LogP contribution is -2.51. The monoisotopic (exact) mass is 633 g/mol. The summed E-state index contributed by atoms with van der Waals surface area (Å²) in [4.78, 5) is 13.1. The van der Waals surface area contributed by atoms with Crippen LogP contribution in [0.2, 0.25) is 5.02 Å². The van der Waals surface area contributed by atoms with Crippen LogP contribution in [0.25, 0.3) is 0 Å². The molecule has 3 aromatic carbocycles. The summed E-state index contributed by atoms with van der Waals surface area (Å²) in [6, 6.07) is 20.7. The molecule has 0 bridgehead atoms. The molecular weight excluding hydrogens is 605 g/mol. The van der Waals surface area contributed by atoms with Crippen LogP contribution in [0.1, 0.15) is 17.0 Å². The minimum Gasteiger partial charge on any atom is -0.335 e. The van der Waals surface area contributed by atoms with E-state index in [2.05, 4.69) is 10.4 Å². The molecule has 14 heteroatoms. The summed E-state index contributed by atoms with van der Waals surface area (Å²) in [5.41, 5.74) is 2.23. The van der Waals surface area contributed by atoms with Gasteiger partial charge >= 0.3 is 6.03 Å². The van der Waals surface area contributed by atoms with Crippen LogP contribution in [0.3, 0.4) is 0 Å². The summed E-state index contributed by atoms with van der Waals surface area (Å²) in [5.74, 6) is -0.978. The topological polar surface area (TPSA) is 119 Å². The fourth-order valence-corrected chi connectivity index (χ4v) is 7.79. The number of benzene rings is 3. The normalized spacial score (nSPS) is 18.6. The van der Waals surface area contributed by atoms with Crippen LogP contribution in [0.5, 0.6) is 0 Å². The van der Waals surface area contributed by atoms with E-state index in [-0.39, 0.29) is 61.7 Å². The first-order valence-corrected chi connectivity index (χ1v) is 16.7. The van der Waals surface area contributed by atoms with Crippen LogP contribution < -0.4 is 5.32 Å². The summed E-state index contributed by atoms with van der Waals surface area (Å²) >= 11 is 5.85. The fraction of sp³-hybridized carbons (Fsp3) is 0.286. The van der Waals surface area contributed by atoms with Gasteiger partial charge in [0.1, 0.15) is 5.82 Å². The van der Waals surface area contributed by atoms with Gasteiger partial charge in [0.15, 0.2) is 0 Å². The highest BCUT2D eigenvalue weighted by Gasteiger charge is 2.34. The van der Waals surface area contributed by atoms with Crippen molar-refractivity contribution in [2.75, 3.05) is 45.0 Å². The van der Waals surface area contributed by atoms with Gasteiger partial charge in [-0.2, -0.15) is 13.7 Å². The molecule has 0 aromatic heterocycles. The number of halogens is 2. The third kappa shape index (κ3) is 6.65. The number of carbonyl (C=O) groups excluding carboxylic acids is 1. The Labute approximate surface area is 249 Å². The quantitative estimate of drug-likeness (QED) is 0.408. The standard InChI is InChI=1S/C28H29ClFN5O5S2/c29-23-8-12-25(13-9-23)42(39,40)34-17-15-33(16-18-34)41(37,38)19-14-31-28(36)35-20-26(21-4-2-1-3-5-21)27(32-35)22-6-10-24(30)11-7-22/h1-13,26H,14-20H2,(H,31,36)/t26-/m1/s1. The minimum atomic E-state index is -3.78. The molecule has 0 unspecified atom stereocenters. The largest absolute Gasteiger partial charge is 0.337 e. The number of nitrogens with zero attached hydrogens (tertiary/aromatic N) is 4. The summed E-state index contributed by atoms with van der Waals surface area (Å²) in [6.45, 7) is 0.0917. The summed E-state index contributed by atoms with van der Waals surface area (Å²) in [6.07, 6.45) is 0. The van der Waals surface area contributed by atoms with Crippen LogP contribution in [0.15, 0.2) is 88.9 Å². The van der Waals surface area contributed by atoms with E-state index in [1.54, 1.807) is 12.1 Å². The third-order valence-corrected chi connectivity index (χ3v) is 11.2. The number of rotatable bonds is 8. The first-order chi connectivity index (χ1) is 20.0. The summed E-state index contributed by atoms with van der Waals surface area (Å²) in [7, 11) is -7.54. The fourth-order valence-electron chi connectivity index (χ4n) is 4.91. The molecule has 2 amide bonds. The van der Waals surface area contributed by atoms with Gasteiger partial charge in [0.05, 0.1) is 22.9 Å². The average Bonchev–Trinajstić information content (AvgIpc) is 3.44. The average molecular weight is 634 g/mol. The van der Waals surface area contributed by atoms with Crippen LogP contribution in [-0.4, -0.2) is 87.2 Å². The predicted molar refractivity (Wildman–Crippen MR) is 158 cm³/mol. The molecule has 2 aliphatic rings. The highest BCUT2D eigenvalue weighted by atomic mass is 35.5. The summed E-state index contributed by atoms with van der Waals surface area (Å²) < 4.78 is 67.8. The van der Waals surface area contributed by atoms with Crippen molar-refractivity contribution in [3.05, 3.63) is 101 Å². The molecule has 1 fully saturated rings. The van der Waals surface area contributed by atoms with E-state index in [0.29, 0.717) is 16.3 Å². The third-order valence-electron chi connectivity index (χ3n) is 7.17. The highest BCUT2D eigenvalue weighted by molar-refractivity contribution is 7.89. The van der Waals surface area contributed by atoms with Gasteiger partial charge in [0.2, 0.25) is 20.0 Å². The maximum absolute atomic E-state index is 13.5. The number of hydrogen-bond donors (Lipinski definition) is 1. The number of hydrogen-bond acceptors (Lipinski definition) is 6. The maximum Gasteiger partial charge on any atom is 0.337 e. The molecule has 1 N–H and O–H groups in total. The SMILES string of the molecule is O=C(NCCS(=O)(=O)N1CCN(S(=O)(=O)c2ccc(Cl)cc2)CC1)N1C[C@H](c2ccccc2)C(c2ccc(F)cc2)=N1. The van der Waals surface area contributed by atoms with Crippen LogP contribution >= 0.6 is 11.6 Å². The second kappa shape index (κ2) is 12.5. The van der Waals surface area contributed by atoms with Crippen molar-refractivity contribution in [3.8, 4) is 0 Å². The molecular formula is C28H29ClFN5O5S2. The van der Waals surface area contributed by atoms with Crippen LogP contribution in [-0.2, 0) is 20.0 Å². The molecule has 0 radical (unpaired) electrons. The van der Waals surface area contributed by atoms with E-state index in [1.807, 2.05) is 30.3 Å². The Bertz CT molecular complexity index is 1660. The Kier molecular flexibility index (Phi) is 8.94. The summed E-state index contributed by atoms with van der Waals surface area (Å²) in [5, 5.41) is 8.79. The molecule has 1 saturated heterocycles. The molecule has 0 aliphatic carbocycles. The van der Waals surface area contributed by atoms with E-state index < -0.39 is 26.1 Å². The van der Waals surface area contributed by atoms with Crippen molar-refractivity contribution in [2.45, 2.75) is 10.8 Å². The van der Waals surface area contributed by atoms with Crippen molar-refractivity contribution in [2.24, 2.45) is 5.10 Å². The van der Waals surface area contributed by atoms with E-state index in [9.17, 15) is 26.0 Å². The lowest BCUT2D eigenvalue weighted by molar-refractivity contribution is 0.204. The van der Waals surface area contributed by atoms with Crippen molar-refractivity contribution in [1.29, 1.82) is 0 Å². The number of hydrazone groups is 1. The second-order valence-corrected chi connectivity index (χ2v) is 14.3. The molecule has 2 aliphatic heterocycles. The Hall–Kier alpha value is -3.36. The number of amides is 2. The molecule has 5 rings (SSSR count). The van der Waals surface area contributed by atoms with Gasteiger partial charge in [-0.1, -0.05) is 54.1 Å². The highest BCUT2D eigenvalue weighted by Crippen LogP contribution is 2.29. The van der Waals surface area contributed by atoms with Gasteiger partial charge in [0.25, 0.3) is 0 Å². The predicted octanol–water partition coefficient (Wildman–Crippen LogP) is 3.33. The first kappa shape index (κ1) is 30.1. The van der Waals surface area contributed by atoms with E-state index in [4.69, 9.17) is 11.6 Å². The van der Waals surface area contributed by atoms with Crippen molar-refractivity contribution in [1.82, 2.24) is 18.9 Å². The lowest BCUT2D eigenvalue weighted by atomic mass is 9.91. The van der Waals surface area contributed by atoms with E-state index >= 15 is 0 Å². The molecule has 10 nitrogen and oxygen atoms in total. The smallest absolute Gasteiger partial charge is 0.335 e.